The van der Waals surface area contributed by atoms with E-state index in [-0.39, 0.29) is 11.8 Å². The highest BCUT2D eigenvalue weighted by atomic mass is 16.2. The van der Waals surface area contributed by atoms with Crippen LogP contribution >= 0.6 is 0 Å². The Labute approximate surface area is 188 Å². The highest BCUT2D eigenvalue weighted by Gasteiger charge is 2.24. The lowest BCUT2D eigenvalue weighted by Crippen LogP contribution is -2.51. The van der Waals surface area contributed by atoms with Crippen molar-refractivity contribution in [3.8, 4) is 0 Å². The first kappa shape index (κ1) is 20.3. The molecule has 0 aromatic heterocycles. The maximum absolute atomic E-state index is 12.9. The topological polar surface area (TPSA) is 40.6 Å². The Hall–Kier alpha value is -3.66. The van der Waals surface area contributed by atoms with Crippen molar-refractivity contribution in [1.82, 2.24) is 9.80 Å². The van der Waals surface area contributed by atoms with Crippen LogP contribution in [0.3, 0.4) is 0 Å². The molecule has 1 saturated heterocycles. The molecule has 2 amide bonds. The third-order valence-corrected chi connectivity index (χ3v) is 6.43. The molecule has 1 heterocycles. The molecular formula is C28H26N2O2. The van der Waals surface area contributed by atoms with Crippen LogP contribution in [-0.2, 0) is 22.4 Å². The van der Waals surface area contributed by atoms with Gasteiger partial charge in [0.25, 0.3) is 0 Å². The summed E-state index contributed by atoms with van der Waals surface area (Å²) in [6.45, 7) is 2.35. The molecule has 0 aliphatic carbocycles. The molecule has 4 aromatic carbocycles. The molecular weight excluding hydrogens is 396 g/mol. The van der Waals surface area contributed by atoms with Crippen LogP contribution in [-0.4, -0.2) is 47.8 Å². The summed E-state index contributed by atoms with van der Waals surface area (Å²) in [6.07, 6.45) is 0.788. The summed E-state index contributed by atoms with van der Waals surface area (Å²) in [6, 6.07) is 28.6. The molecule has 0 spiro atoms. The fourth-order valence-electron chi connectivity index (χ4n) is 4.65. The van der Waals surface area contributed by atoms with Crippen molar-refractivity contribution in [3.05, 3.63) is 96.1 Å². The second kappa shape index (κ2) is 8.83. The molecule has 4 aromatic rings. The van der Waals surface area contributed by atoms with E-state index < -0.39 is 0 Å². The minimum absolute atomic E-state index is 0.127. The zero-order chi connectivity index (χ0) is 21.9. The minimum Gasteiger partial charge on any atom is -0.339 e. The van der Waals surface area contributed by atoms with Gasteiger partial charge >= 0.3 is 0 Å². The standard InChI is InChI=1S/C28H26N2O2/c31-27(19-23-11-5-9-21-7-1-3-13-25(21)23)29-15-17-30(18-16-29)28(32)20-24-12-6-10-22-8-2-4-14-26(22)24/h1-14H,15-20H2. The van der Waals surface area contributed by atoms with E-state index in [4.69, 9.17) is 0 Å². The van der Waals surface area contributed by atoms with E-state index in [9.17, 15) is 9.59 Å². The Bertz CT molecular complexity index is 1180. The number of carbonyl (C=O) groups is 2. The molecule has 0 radical (unpaired) electrons. The van der Waals surface area contributed by atoms with Crippen molar-refractivity contribution in [2.75, 3.05) is 26.2 Å². The Morgan fingerprint density at radius 2 is 0.906 bits per heavy atom. The predicted octanol–water partition coefficient (Wildman–Crippen LogP) is 4.45. The summed E-state index contributed by atoms with van der Waals surface area (Å²) in [5.41, 5.74) is 2.12. The van der Waals surface area contributed by atoms with Crippen molar-refractivity contribution in [3.63, 3.8) is 0 Å². The Morgan fingerprint density at radius 1 is 0.531 bits per heavy atom. The normalized spacial score (nSPS) is 14.1. The predicted molar refractivity (Wildman–Crippen MR) is 128 cm³/mol. The van der Waals surface area contributed by atoms with Crippen LogP contribution in [0.2, 0.25) is 0 Å². The summed E-state index contributed by atoms with van der Waals surface area (Å²) < 4.78 is 0. The van der Waals surface area contributed by atoms with E-state index in [0.29, 0.717) is 39.0 Å². The van der Waals surface area contributed by atoms with Gasteiger partial charge in [0.05, 0.1) is 12.8 Å². The molecule has 0 N–H and O–H groups in total. The largest absolute Gasteiger partial charge is 0.339 e. The van der Waals surface area contributed by atoms with Gasteiger partial charge in [0.1, 0.15) is 0 Å². The van der Waals surface area contributed by atoms with Gasteiger partial charge < -0.3 is 9.80 Å². The number of hydrogen-bond acceptors (Lipinski definition) is 2. The summed E-state index contributed by atoms with van der Waals surface area (Å²) in [7, 11) is 0. The fourth-order valence-corrected chi connectivity index (χ4v) is 4.65. The number of hydrogen-bond donors (Lipinski definition) is 0. The smallest absolute Gasteiger partial charge is 0.227 e. The maximum Gasteiger partial charge on any atom is 0.227 e. The van der Waals surface area contributed by atoms with Gasteiger partial charge in [-0.05, 0) is 32.7 Å². The van der Waals surface area contributed by atoms with Gasteiger partial charge in [-0.2, -0.15) is 0 Å². The highest BCUT2D eigenvalue weighted by molar-refractivity contribution is 5.91. The van der Waals surface area contributed by atoms with Crippen LogP contribution in [0.5, 0.6) is 0 Å². The van der Waals surface area contributed by atoms with Gasteiger partial charge in [0, 0.05) is 26.2 Å². The highest BCUT2D eigenvalue weighted by Crippen LogP contribution is 2.21. The molecule has 1 aliphatic heterocycles. The third kappa shape index (κ3) is 4.09. The van der Waals surface area contributed by atoms with Crippen LogP contribution in [0, 0.1) is 0 Å². The first-order valence-corrected chi connectivity index (χ1v) is 11.2. The van der Waals surface area contributed by atoms with Gasteiger partial charge in [-0.25, -0.2) is 0 Å². The Balaban J connectivity index is 1.21. The van der Waals surface area contributed by atoms with Crippen LogP contribution in [0.25, 0.3) is 21.5 Å². The van der Waals surface area contributed by atoms with Crippen molar-refractivity contribution < 1.29 is 9.59 Å². The van der Waals surface area contributed by atoms with Crippen molar-refractivity contribution in [2.24, 2.45) is 0 Å². The zero-order valence-electron chi connectivity index (χ0n) is 18.0. The molecule has 4 heteroatoms. The van der Waals surface area contributed by atoms with E-state index in [1.807, 2.05) is 58.3 Å². The average molecular weight is 423 g/mol. The average Bonchev–Trinajstić information content (AvgIpc) is 2.84. The van der Waals surface area contributed by atoms with Crippen molar-refractivity contribution in [2.45, 2.75) is 12.8 Å². The van der Waals surface area contributed by atoms with E-state index in [1.54, 1.807) is 0 Å². The number of carbonyl (C=O) groups excluding carboxylic acids is 2. The number of piperazine rings is 1. The molecule has 5 rings (SSSR count). The van der Waals surface area contributed by atoms with E-state index >= 15 is 0 Å². The molecule has 1 aliphatic rings. The van der Waals surface area contributed by atoms with Crippen LogP contribution in [0.1, 0.15) is 11.1 Å². The maximum atomic E-state index is 12.9. The number of fused-ring (bicyclic) bond motifs is 2. The first-order valence-electron chi connectivity index (χ1n) is 11.2. The van der Waals surface area contributed by atoms with E-state index in [0.717, 1.165) is 32.7 Å². The minimum atomic E-state index is 0.127. The lowest BCUT2D eigenvalue weighted by atomic mass is 10.0. The Kier molecular flexibility index (Phi) is 5.59. The third-order valence-electron chi connectivity index (χ3n) is 6.43. The molecule has 0 bridgehead atoms. The SMILES string of the molecule is O=C(Cc1cccc2ccccc12)N1CCN(C(=O)Cc2cccc3ccccc23)CC1. The Morgan fingerprint density at radius 3 is 1.34 bits per heavy atom. The monoisotopic (exact) mass is 422 g/mol. The van der Waals surface area contributed by atoms with Crippen LogP contribution in [0.15, 0.2) is 84.9 Å². The molecule has 0 saturated carbocycles. The molecule has 0 unspecified atom stereocenters. The molecule has 32 heavy (non-hydrogen) atoms. The fraction of sp³-hybridized carbons (Fsp3) is 0.214. The summed E-state index contributed by atoms with van der Waals surface area (Å²) >= 11 is 0. The van der Waals surface area contributed by atoms with Gasteiger partial charge in [-0.15, -0.1) is 0 Å². The number of nitrogens with zero attached hydrogens (tertiary/aromatic N) is 2. The van der Waals surface area contributed by atoms with Crippen LogP contribution in [0.4, 0.5) is 0 Å². The second-order valence-electron chi connectivity index (χ2n) is 8.39. The van der Waals surface area contributed by atoms with Crippen molar-refractivity contribution >= 4 is 33.4 Å². The molecule has 4 nitrogen and oxygen atoms in total. The van der Waals surface area contributed by atoms with Gasteiger partial charge in [0.2, 0.25) is 11.8 Å². The molecule has 160 valence electrons. The van der Waals surface area contributed by atoms with Crippen molar-refractivity contribution in [1.29, 1.82) is 0 Å². The molecule has 1 fully saturated rings. The van der Waals surface area contributed by atoms with Gasteiger partial charge in [-0.3, -0.25) is 9.59 Å². The summed E-state index contributed by atoms with van der Waals surface area (Å²) in [5.74, 6) is 0.255. The van der Waals surface area contributed by atoms with E-state index in [1.165, 1.54) is 0 Å². The number of benzene rings is 4. The number of amides is 2. The zero-order valence-corrected chi connectivity index (χ0v) is 18.0. The van der Waals surface area contributed by atoms with Crippen LogP contribution < -0.4 is 0 Å². The number of rotatable bonds is 4. The second-order valence-corrected chi connectivity index (χ2v) is 8.39. The van der Waals surface area contributed by atoms with Gasteiger partial charge in [-0.1, -0.05) is 84.9 Å². The lowest BCUT2D eigenvalue weighted by molar-refractivity contribution is -0.138. The van der Waals surface area contributed by atoms with Gasteiger partial charge in [0.15, 0.2) is 0 Å². The lowest BCUT2D eigenvalue weighted by Gasteiger charge is -2.35. The quantitative estimate of drug-likeness (QED) is 0.488. The summed E-state index contributed by atoms with van der Waals surface area (Å²) in [5, 5.41) is 4.57. The van der Waals surface area contributed by atoms with E-state index in [2.05, 4.69) is 36.4 Å². The summed E-state index contributed by atoms with van der Waals surface area (Å²) in [4.78, 5) is 29.7. The first-order chi connectivity index (χ1) is 15.7. The molecule has 0 atom stereocenters.